The number of hydrogen-bond acceptors (Lipinski definition) is 4. The summed E-state index contributed by atoms with van der Waals surface area (Å²) in [7, 11) is 0. The van der Waals surface area contributed by atoms with Crippen molar-refractivity contribution in [2.75, 3.05) is 6.54 Å². The van der Waals surface area contributed by atoms with Crippen molar-refractivity contribution in [3.8, 4) is 22.6 Å². The Hall–Kier alpha value is -3.51. The third-order valence-electron chi connectivity index (χ3n) is 5.26. The molecule has 1 amide bonds. The molecule has 1 unspecified atom stereocenters. The summed E-state index contributed by atoms with van der Waals surface area (Å²) in [6.45, 7) is 4.55. The second-order valence-corrected chi connectivity index (χ2v) is 8.39. The number of benzene rings is 3. The predicted octanol–water partition coefficient (Wildman–Crippen LogP) is 6.60. The molecule has 0 bridgehead atoms. The molecule has 0 aromatic heterocycles. The molecule has 7 heteroatoms. The van der Waals surface area contributed by atoms with Crippen molar-refractivity contribution in [2.24, 2.45) is 0 Å². The summed E-state index contributed by atoms with van der Waals surface area (Å²) < 4.78 is 10.6. The zero-order valence-electron chi connectivity index (χ0n) is 19.2. The third kappa shape index (κ3) is 7.25. The Balaban J connectivity index is 1.57. The van der Waals surface area contributed by atoms with Crippen LogP contribution in [0, 0.1) is 0 Å². The van der Waals surface area contributed by atoms with Crippen LogP contribution in [0.25, 0.3) is 11.1 Å². The second-order valence-electron chi connectivity index (χ2n) is 7.95. The summed E-state index contributed by atoms with van der Waals surface area (Å²) in [5, 5.41) is 12.1. The molecule has 0 aliphatic rings. The van der Waals surface area contributed by atoms with E-state index in [9.17, 15) is 9.59 Å². The van der Waals surface area contributed by atoms with E-state index in [0.717, 1.165) is 29.5 Å². The highest BCUT2D eigenvalue weighted by atomic mass is 35.5. The van der Waals surface area contributed by atoms with Gasteiger partial charge in [0.2, 0.25) is 0 Å². The normalized spacial score (nSPS) is 11.5. The molecule has 178 valence electrons. The van der Waals surface area contributed by atoms with Crippen LogP contribution in [-0.2, 0) is 6.42 Å². The van der Waals surface area contributed by atoms with E-state index in [0.29, 0.717) is 29.3 Å². The van der Waals surface area contributed by atoms with Gasteiger partial charge in [-0.2, -0.15) is 0 Å². The van der Waals surface area contributed by atoms with Crippen LogP contribution in [0.5, 0.6) is 11.5 Å². The Morgan fingerprint density at radius 3 is 2.26 bits per heavy atom. The molecule has 0 spiro atoms. The van der Waals surface area contributed by atoms with Crippen molar-refractivity contribution in [1.82, 2.24) is 5.32 Å². The number of nitrogens with one attached hydrogen (secondary N) is 1. The SMILES string of the molecule is CCCC(C)Oc1ccc(Cl)cc1C(=O)NCCc1ccc(-c2ccc(OC(=O)O)cc2)cc1. The van der Waals surface area contributed by atoms with E-state index in [-0.39, 0.29) is 17.8 Å². The van der Waals surface area contributed by atoms with Crippen LogP contribution in [0.1, 0.15) is 42.6 Å². The molecular formula is C27H28ClNO5. The first-order valence-corrected chi connectivity index (χ1v) is 11.6. The van der Waals surface area contributed by atoms with E-state index in [4.69, 9.17) is 21.4 Å². The van der Waals surface area contributed by atoms with Crippen molar-refractivity contribution in [3.05, 3.63) is 82.9 Å². The third-order valence-corrected chi connectivity index (χ3v) is 5.49. The number of rotatable bonds is 10. The minimum atomic E-state index is -1.34. The fraction of sp³-hybridized carbons (Fsp3) is 0.259. The van der Waals surface area contributed by atoms with Gasteiger partial charge in [0, 0.05) is 11.6 Å². The summed E-state index contributed by atoms with van der Waals surface area (Å²) in [4.78, 5) is 23.4. The average molecular weight is 482 g/mol. The molecule has 0 fully saturated rings. The maximum atomic E-state index is 12.8. The highest BCUT2D eigenvalue weighted by Crippen LogP contribution is 2.25. The molecule has 3 rings (SSSR count). The molecule has 0 aliphatic carbocycles. The Labute approximate surface area is 204 Å². The average Bonchev–Trinajstić information content (AvgIpc) is 2.81. The van der Waals surface area contributed by atoms with Gasteiger partial charge >= 0.3 is 6.16 Å². The number of halogens is 1. The van der Waals surface area contributed by atoms with Gasteiger partial charge in [-0.15, -0.1) is 0 Å². The summed E-state index contributed by atoms with van der Waals surface area (Å²) >= 11 is 6.12. The zero-order valence-corrected chi connectivity index (χ0v) is 20.0. The Bertz CT molecular complexity index is 1110. The molecule has 0 radical (unpaired) electrons. The lowest BCUT2D eigenvalue weighted by Gasteiger charge is -2.17. The van der Waals surface area contributed by atoms with Gasteiger partial charge in [-0.3, -0.25) is 4.79 Å². The fourth-order valence-electron chi connectivity index (χ4n) is 3.56. The van der Waals surface area contributed by atoms with Crippen LogP contribution >= 0.6 is 11.6 Å². The highest BCUT2D eigenvalue weighted by Gasteiger charge is 2.15. The molecule has 34 heavy (non-hydrogen) atoms. The number of hydrogen-bond donors (Lipinski definition) is 2. The molecule has 0 heterocycles. The molecule has 6 nitrogen and oxygen atoms in total. The van der Waals surface area contributed by atoms with Crippen molar-refractivity contribution < 1.29 is 24.2 Å². The number of carbonyl (C=O) groups is 2. The maximum absolute atomic E-state index is 12.8. The first-order valence-electron chi connectivity index (χ1n) is 11.2. The standard InChI is InChI=1S/C27H28ClNO5/c1-3-4-18(2)33-25-14-11-22(28)17-24(25)26(30)29-16-15-19-5-7-20(8-6-19)21-9-12-23(13-10-21)34-27(31)32/h5-14,17-18H,3-4,15-16H2,1-2H3,(H,29,30)(H,31,32). The van der Waals surface area contributed by atoms with E-state index in [1.165, 1.54) is 0 Å². The number of carboxylic acid groups (broad SMARTS) is 1. The van der Waals surface area contributed by atoms with Gasteiger partial charge in [0.15, 0.2) is 0 Å². The Morgan fingerprint density at radius 2 is 1.65 bits per heavy atom. The Kier molecular flexibility index (Phi) is 8.93. The monoisotopic (exact) mass is 481 g/mol. The van der Waals surface area contributed by atoms with Gasteiger partial charge in [-0.05, 0) is 66.8 Å². The summed E-state index contributed by atoms with van der Waals surface area (Å²) in [6, 6.07) is 19.9. The van der Waals surface area contributed by atoms with Gasteiger partial charge in [0.25, 0.3) is 5.91 Å². The molecule has 1 atom stereocenters. The first-order chi connectivity index (χ1) is 16.4. The topological polar surface area (TPSA) is 84.9 Å². The number of carbonyl (C=O) groups excluding carboxylic acids is 1. The van der Waals surface area contributed by atoms with Crippen LogP contribution in [0.3, 0.4) is 0 Å². The van der Waals surface area contributed by atoms with E-state index in [1.807, 2.05) is 31.2 Å². The van der Waals surface area contributed by atoms with Gasteiger partial charge in [0.05, 0.1) is 11.7 Å². The molecular weight excluding hydrogens is 454 g/mol. The fourth-order valence-corrected chi connectivity index (χ4v) is 3.73. The van der Waals surface area contributed by atoms with Gasteiger partial charge in [-0.1, -0.05) is 61.3 Å². The second kappa shape index (κ2) is 12.1. The number of amides is 1. The van der Waals surface area contributed by atoms with Crippen molar-refractivity contribution >= 4 is 23.7 Å². The largest absolute Gasteiger partial charge is 0.511 e. The van der Waals surface area contributed by atoms with Crippen molar-refractivity contribution in [1.29, 1.82) is 0 Å². The molecule has 2 N–H and O–H groups in total. The maximum Gasteiger partial charge on any atom is 0.511 e. The smallest absolute Gasteiger partial charge is 0.490 e. The molecule has 0 saturated heterocycles. The van der Waals surface area contributed by atoms with E-state index < -0.39 is 6.16 Å². The van der Waals surface area contributed by atoms with Gasteiger partial charge in [0.1, 0.15) is 11.5 Å². The lowest BCUT2D eigenvalue weighted by molar-refractivity contribution is 0.0946. The Morgan fingerprint density at radius 1 is 1.00 bits per heavy atom. The van der Waals surface area contributed by atoms with Crippen LogP contribution in [0.15, 0.2) is 66.7 Å². The lowest BCUT2D eigenvalue weighted by atomic mass is 10.0. The van der Waals surface area contributed by atoms with Crippen LogP contribution in [0.2, 0.25) is 5.02 Å². The molecule has 3 aromatic rings. The van der Waals surface area contributed by atoms with Gasteiger partial charge < -0.3 is 19.9 Å². The molecule has 0 aliphatic heterocycles. The van der Waals surface area contributed by atoms with E-state index in [2.05, 4.69) is 17.0 Å². The van der Waals surface area contributed by atoms with Crippen molar-refractivity contribution in [3.63, 3.8) is 0 Å². The van der Waals surface area contributed by atoms with Crippen molar-refractivity contribution in [2.45, 2.75) is 39.2 Å². The summed E-state index contributed by atoms with van der Waals surface area (Å²) in [5.74, 6) is 0.588. The summed E-state index contributed by atoms with van der Waals surface area (Å²) in [5.41, 5.74) is 3.45. The lowest BCUT2D eigenvalue weighted by Crippen LogP contribution is -2.26. The van der Waals surface area contributed by atoms with E-state index >= 15 is 0 Å². The zero-order chi connectivity index (χ0) is 24.5. The molecule has 3 aromatic carbocycles. The number of ether oxygens (including phenoxy) is 2. The van der Waals surface area contributed by atoms with Crippen LogP contribution in [0.4, 0.5) is 4.79 Å². The quantitative estimate of drug-likeness (QED) is 0.251. The van der Waals surface area contributed by atoms with Crippen LogP contribution in [-0.4, -0.2) is 29.8 Å². The highest BCUT2D eigenvalue weighted by molar-refractivity contribution is 6.31. The van der Waals surface area contributed by atoms with E-state index in [1.54, 1.807) is 42.5 Å². The van der Waals surface area contributed by atoms with Crippen LogP contribution < -0.4 is 14.8 Å². The van der Waals surface area contributed by atoms with Gasteiger partial charge in [-0.25, -0.2) is 4.79 Å². The first kappa shape index (κ1) is 25.1. The minimum absolute atomic E-state index is 0.0112. The predicted molar refractivity (Wildman–Crippen MR) is 133 cm³/mol. The minimum Gasteiger partial charge on any atom is -0.490 e. The molecule has 0 saturated carbocycles. The summed E-state index contributed by atoms with van der Waals surface area (Å²) in [6.07, 6.45) is 1.24.